The van der Waals surface area contributed by atoms with Crippen LogP contribution in [-0.2, 0) is 9.53 Å². The molecule has 1 N–H and O–H groups in total. The smallest absolute Gasteiger partial charge is 0.411 e. The summed E-state index contributed by atoms with van der Waals surface area (Å²) in [5.74, 6) is 0.771. The molecule has 166 valence electrons. The second-order valence-corrected chi connectivity index (χ2v) is 9.68. The maximum Gasteiger partial charge on any atom is 0.411 e. The molecule has 3 aromatic rings. The largest absolute Gasteiger partial charge is 0.444 e. The molecule has 1 aromatic carbocycles. The first-order chi connectivity index (χ1) is 15.2. The first-order valence-electron chi connectivity index (χ1n) is 10.9. The maximum absolute atomic E-state index is 13.1. The van der Waals surface area contributed by atoms with Gasteiger partial charge in [0.1, 0.15) is 11.6 Å². The number of ether oxygens (including phenoxy) is 1. The van der Waals surface area contributed by atoms with Gasteiger partial charge in [-0.25, -0.2) is 14.3 Å². The molecule has 3 atom stereocenters. The second kappa shape index (κ2) is 7.32. The fourth-order valence-corrected chi connectivity index (χ4v) is 4.39. The molecule has 5 rings (SSSR count). The Kier molecular flexibility index (Phi) is 4.69. The SMILES string of the molecule is Cc1ccc(NC(=O)[C@H]2C[C@H]3C[C@H]3N2C(=O)OC(C)(C)C)cc1-c1ncc2cccn2n1. The Hall–Kier alpha value is -3.42. The number of fused-ring (bicyclic) bond motifs is 2. The number of aryl methyl sites for hydroxylation is 1. The minimum atomic E-state index is -0.599. The molecule has 32 heavy (non-hydrogen) atoms. The third kappa shape index (κ3) is 3.81. The lowest BCUT2D eigenvalue weighted by Gasteiger charge is -2.30. The first-order valence-corrected chi connectivity index (χ1v) is 10.9. The zero-order valence-corrected chi connectivity index (χ0v) is 18.7. The van der Waals surface area contributed by atoms with Crippen LogP contribution >= 0.6 is 0 Å². The Bertz CT molecular complexity index is 1210. The molecule has 2 aliphatic rings. The summed E-state index contributed by atoms with van der Waals surface area (Å²) in [4.78, 5) is 32.0. The fraction of sp³-hybridized carbons (Fsp3) is 0.417. The number of piperidine rings is 1. The van der Waals surface area contributed by atoms with E-state index in [0.717, 1.165) is 23.1 Å². The highest BCUT2D eigenvalue weighted by Gasteiger charge is 2.57. The molecular formula is C24H27N5O3. The van der Waals surface area contributed by atoms with Crippen LogP contribution in [0.15, 0.2) is 42.7 Å². The zero-order chi connectivity index (χ0) is 22.6. The van der Waals surface area contributed by atoms with Crippen LogP contribution in [0.25, 0.3) is 16.9 Å². The second-order valence-electron chi connectivity index (χ2n) is 9.68. The number of nitrogens with one attached hydrogen (secondary N) is 1. The summed E-state index contributed by atoms with van der Waals surface area (Å²) < 4.78 is 7.33. The number of hydrogen-bond donors (Lipinski definition) is 1. The standard InChI is InChI=1S/C24H27N5O3/c1-14-7-8-16(12-18(14)21-25-13-17-6-5-9-28(17)27-21)26-22(30)20-11-15-10-19(15)29(20)23(31)32-24(2,3)4/h5-9,12-13,15,19-20H,10-11H2,1-4H3,(H,26,30)/t15-,19-,20-/m1/s1. The van der Waals surface area contributed by atoms with Crippen LogP contribution in [0.3, 0.4) is 0 Å². The Morgan fingerprint density at radius 3 is 2.78 bits per heavy atom. The number of likely N-dealkylation sites (tertiary alicyclic amines) is 1. The quantitative estimate of drug-likeness (QED) is 0.673. The van der Waals surface area contributed by atoms with Crippen molar-refractivity contribution in [3.05, 3.63) is 48.3 Å². The van der Waals surface area contributed by atoms with Crippen molar-refractivity contribution in [2.24, 2.45) is 5.92 Å². The van der Waals surface area contributed by atoms with Crippen molar-refractivity contribution in [1.29, 1.82) is 0 Å². The van der Waals surface area contributed by atoms with Gasteiger partial charge in [0.15, 0.2) is 5.82 Å². The van der Waals surface area contributed by atoms with E-state index in [0.29, 0.717) is 23.9 Å². The van der Waals surface area contributed by atoms with Crippen molar-refractivity contribution < 1.29 is 14.3 Å². The van der Waals surface area contributed by atoms with Crippen LogP contribution in [0.2, 0.25) is 0 Å². The number of aromatic nitrogens is 3. The summed E-state index contributed by atoms with van der Waals surface area (Å²) in [6.45, 7) is 7.49. The van der Waals surface area contributed by atoms with Gasteiger partial charge in [0, 0.05) is 23.5 Å². The Balaban J connectivity index is 1.36. The molecule has 3 heterocycles. The van der Waals surface area contributed by atoms with Crippen LogP contribution < -0.4 is 5.32 Å². The van der Waals surface area contributed by atoms with Gasteiger partial charge < -0.3 is 10.1 Å². The monoisotopic (exact) mass is 433 g/mol. The van der Waals surface area contributed by atoms with Crippen molar-refractivity contribution in [2.75, 3.05) is 5.32 Å². The third-order valence-electron chi connectivity index (χ3n) is 6.04. The molecule has 1 saturated heterocycles. The van der Waals surface area contributed by atoms with Gasteiger partial charge in [-0.3, -0.25) is 9.69 Å². The summed E-state index contributed by atoms with van der Waals surface area (Å²) in [6, 6.07) is 9.12. The predicted octanol–water partition coefficient (Wildman–Crippen LogP) is 4.04. The number of anilines is 1. The summed E-state index contributed by atoms with van der Waals surface area (Å²) in [5, 5.41) is 7.56. The summed E-state index contributed by atoms with van der Waals surface area (Å²) >= 11 is 0. The Morgan fingerprint density at radius 1 is 1.19 bits per heavy atom. The molecule has 2 fully saturated rings. The molecule has 8 nitrogen and oxygen atoms in total. The van der Waals surface area contributed by atoms with Gasteiger partial charge >= 0.3 is 6.09 Å². The van der Waals surface area contributed by atoms with Crippen molar-refractivity contribution in [1.82, 2.24) is 19.5 Å². The summed E-state index contributed by atoms with van der Waals surface area (Å²) in [5.41, 5.74) is 2.82. The average molecular weight is 434 g/mol. The molecule has 8 heteroatoms. The number of carbonyl (C=O) groups is 2. The van der Waals surface area contributed by atoms with Crippen molar-refractivity contribution in [2.45, 2.75) is 58.2 Å². The number of rotatable bonds is 3. The van der Waals surface area contributed by atoms with E-state index in [1.54, 1.807) is 15.6 Å². The molecule has 2 amide bonds. The van der Waals surface area contributed by atoms with E-state index < -0.39 is 17.7 Å². The van der Waals surface area contributed by atoms with Crippen molar-refractivity contribution >= 4 is 23.2 Å². The van der Waals surface area contributed by atoms with E-state index in [4.69, 9.17) is 4.74 Å². The number of hydrogen-bond acceptors (Lipinski definition) is 5. The van der Waals surface area contributed by atoms with Crippen LogP contribution in [0.1, 0.15) is 39.2 Å². The maximum atomic E-state index is 13.1. The predicted molar refractivity (Wildman–Crippen MR) is 120 cm³/mol. The highest BCUT2D eigenvalue weighted by Crippen LogP contribution is 2.48. The first kappa shape index (κ1) is 20.5. The topological polar surface area (TPSA) is 88.8 Å². The van der Waals surface area contributed by atoms with E-state index in [1.165, 1.54) is 0 Å². The normalized spacial score (nSPS) is 22.0. The lowest BCUT2D eigenvalue weighted by Crippen LogP contribution is -2.47. The molecule has 0 radical (unpaired) electrons. The van der Waals surface area contributed by atoms with Crippen LogP contribution in [0, 0.1) is 12.8 Å². The molecule has 1 aliphatic carbocycles. The van der Waals surface area contributed by atoms with Crippen LogP contribution in [-0.4, -0.2) is 49.2 Å². The number of nitrogens with zero attached hydrogens (tertiary/aromatic N) is 4. The molecule has 0 bridgehead atoms. The van der Waals surface area contributed by atoms with E-state index in [1.807, 2.05) is 64.2 Å². The van der Waals surface area contributed by atoms with Crippen LogP contribution in [0.5, 0.6) is 0 Å². The Morgan fingerprint density at radius 2 is 2.00 bits per heavy atom. The molecule has 0 spiro atoms. The molecule has 1 saturated carbocycles. The highest BCUT2D eigenvalue weighted by atomic mass is 16.6. The minimum absolute atomic E-state index is 0.107. The molecule has 2 aromatic heterocycles. The zero-order valence-electron chi connectivity index (χ0n) is 18.7. The molecule has 0 unspecified atom stereocenters. The van der Waals surface area contributed by atoms with Gasteiger partial charge in [0.2, 0.25) is 5.91 Å². The average Bonchev–Trinajstić information content (AvgIpc) is 3.16. The summed E-state index contributed by atoms with van der Waals surface area (Å²) in [6.07, 6.45) is 4.84. The van der Waals surface area contributed by atoms with Crippen LogP contribution in [0.4, 0.5) is 10.5 Å². The number of amides is 2. The number of benzene rings is 1. The van der Waals surface area contributed by atoms with E-state index in [2.05, 4.69) is 15.4 Å². The van der Waals surface area contributed by atoms with E-state index >= 15 is 0 Å². The summed E-state index contributed by atoms with van der Waals surface area (Å²) in [7, 11) is 0. The van der Waals surface area contributed by atoms with Gasteiger partial charge in [0.05, 0.1) is 11.7 Å². The molecule has 1 aliphatic heterocycles. The van der Waals surface area contributed by atoms with Gasteiger partial charge in [-0.1, -0.05) is 6.07 Å². The lowest BCUT2D eigenvalue weighted by atomic mass is 10.1. The third-order valence-corrected chi connectivity index (χ3v) is 6.04. The molecular weight excluding hydrogens is 406 g/mol. The van der Waals surface area contributed by atoms with Crippen molar-refractivity contribution in [3.63, 3.8) is 0 Å². The van der Waals surface area contributed by atoms with E-state index in [9.17, 15) is 9.59 Å². The van der Waals surface area contributed by atoms with Crippen molar-refractivity contribution in [3.8, 4) is 11.4 Å². The minimum Gasteiger partial charge on any atom is -0.444 e. The highest BCUT2D eigenvalue weighted by molar-refractivity contribution is 5.97. The fourth-order valence-electron chi connectivity index (χ4n) is 4.39. The van der Waals surface area contributed by atoms with Gasteiger partial charge in [-0.2, -0.15) is 0 Å². The van der Waals surface area contributed by atoms with Gasteiger partial charge in [0.25, 0.3) is 0 Å². The van der Waals surface area contributed by atoms with Gasteiger partial charge in [-0.05, 0) is 76.3 Å². The van der Waals surface area contributed by atoms with E-state index in [-0.39, 0.29) is 11.9 Å². The Labute approximate surface area is 186 Å². The number of carbonyl (C=O) groups excluding carboxylic acids is 2. The van der Waals surface area contributed by atoms with Gasteiger partial charge in [-0.15, -0.1) is 5.10 Å². The lowest BCUT2D eigenvalue weighted by molar-refractivity contribution is -0.120.